The van der Waals surface area contributed by atoms with Crippen molar-refractivity contribution in [3.63, 3.8) is 0 Å². The molecule has 126 valence electrons. The fourth-order valence-corrected chi connectivity index (χ4v) is 4.11. The van der Waals surface area contributed by atoms with Gasteiger partial charge in [0.05, 0.1) is 0 Å². The summed E-state index contributed by atoms with van der Waals surface area (Å²) in [4.78, 5) is 21.2. The van der Waals surface area contributed by atoms with Crippen LogP contribution in [0.15, 0.2) is 24.5 Å². The molecule has 3 heterocycles. The molecule has 0 atom stereocenters. The highest BCUT2D eigenvalue weighted by Crippen LogP contribution is 2.38. The second kappa shape index (κ2) is 7.41. The Bertz CT molecular complexity index is 512. The highest BCUT2D eigenvalue weighted by atomic mass is 16.5. The molecular formula is C18H27N3O2. The molecule has 1 spiro atoms. The molecule has 0 radical (unpaired) electrons. The third-order valence-electron chi connectivity index (χ3n) is 5.43. The largest absolute Gasteiger partial charge is 0.385 e. The Morgan fingerprint density at radius 1 is 1.22 bits per heavy atom. The van der Waals surface area contributed by atoms with E-state index in [0.717, 1.165) is 51.1 Å². The van der Waals surface area contributed by atoms with Gasteiger partial charge in [-0.05, 0) is 50.8 Å². The number of rotatable bonds is 5. The van der Waals surface area contributed by atoms with Gasteiger partial charge >= 0.3 is 0 Å². The predicted molar refractivity (Wildman–Crippen MR) is 89.4 cm³/mol. The average molecular weight is 317 g/mol. The van der Waals surface area contributed by atoms with Crippen LogP contribution in [0.2, 0.25) is 0 Å². The van der Waals surface area contributed by atoms with Crippen molar-refractivity contribution in [2.75, 3.05) is 39.9 Å². The summed E-state index contributed by atoms with van der Waals surface area (Å²) in [5.41, 5.74) is 1.07. The van der Waals surface area contributed by atoms with Gasteiger partial charge in [0.15, 0.2) is 0 Å². The van der Waals surface area contributed by atoms with E-state index in [1.807, 2.05) is 4.90 Å². The molecule has 0 bridgehead atoms. The number of nitrogens with zero attached hydrogens (tertiary/aromatic N) is 3. The zero-order valence-electron chi connectivity index (χ0n) is 14.0. The second-order valence-electron chi connectivity index (χ2n) is 6.69. The zero-order chi connectivity index (χ0) is 16.1. The lowest BCUT2D eigenvalue weighted by atomic mass is 9.84. The lowest BCUT2D eigenvalue weighted by Gasteiger charge is -2.45. The first-order valence-electron chi connectivity index (χ1n) is 8.68. The number of ether oxygens (including phenoxy) is 1. The molecule has 2 fully saturated rings. The van der Waals surface area contributed by atoms with Crippen LogP contribution in [0, 0.1) is 0 Å². The van der Waals surface area contributed by atoms with Crippen LogP contribution < -0.4 is 0 Å². The predicted octanol–water partition coefficient (Wildman–Crippen LogP) is 2.19. The summed E-state index contributed by atoms with van der Waals surface area (Å²) in [5, 5.41) is 0. The van der Waals surface area contributed by atoms with Gasteiger partial charge in [-0.15, -0.1) is 0 Å². The van der Waals surface area contributed by atoms with Crippen LogP contribution >= 0.6 is 0 Å². The lowest BCUT2D eigenvalue weighted by Crippen LogP contribution is -2.53. The van der Waals surface area contributed by atoms with Crippen LogP contribution in [0.3, 0.4) is 0 Å². The smallest absolute Gasteiger partial charge is 0.253 e. The molecule has 2 saturated heterocycles. The molecule has 0 aromatic carbocycles. The standard InChI is InChI=1S/C18H27N3O2/c1-23-15-3-12-21-11-2-6-18(21)7-13-20(14-8-18)17(22)16-4-9-19-10-5-16/h4-5,9-10H,2-3,6-8,11-15H2,1H3. The number of methoxy groups -OCH3 is 1. The van der Waals surface area contributed by atoms with Crippen molar-refractivity contribution in [3.8, 4) is 0 Å². The maximum atomic E-state index is 12.6. The van der Waals surface area contributed by atoms with Crippen molar-refractivity contribution >= 4 is 5.91 Å². The van der Waals surface area contributed by atoms with Crippen LogP contribution in [0.5, 0.6) is 0 Å². The lowest BCUT2D eigenvalue weighted by molar-refractivity contribution is 0.0382. The van der Waals surface area contributed by atoms with Crippen LogP contribution in [-0.2, 0) is 4.74 Å². The Hall–Kier alpha value is -1.46. The van der Waals surface area contributed by atoms with Gasteiger partial charge in [-0.25, -0.2) is 0 Å². The van der Waals surface area contributed by atoms with Gasteiger partial charge in [0.2, 0.25) is 0 Å². The fourth-order valence-electron chi connectivity index (χ4n) is 4.11. The first kappa shape index (κ1) is 16.4. The number of aromatic nitrogens is 1. The number of likely N-dealkylation sites (tertiary alicyclic amines) is 2. The van der Waals surface area contributed by atoms with E-state index in [-0.39, 0.29) is 5.91 Å². The summed E-state index contributed by atoms with van der Waals surface area (Å²) in [7, 11) is 1.77. The molecule has 1 aromatic rings. The van der Waals surface area contributed by atoms with Gasteiger partial charge in [0.25, 0.3) is 5.91 Å². The van der Waals surface area contributed by atoms with Gasteiger partial charge in [0.1, 0.15) is 0 Å². The van der Waals surface area contributed by atoms with Crippen LogP contribution in [-0.4, -0.2) is 66.1 Å². The summed E-state index contributed by atoms with van der Waals surface area (Å²) in [6.45, 7) is 4.87. The molecular weight excluding hydrogens is 290 g/mol. The Labute approximate surface area is 138 Å². The van der Waals surface area contributed by atoms with E-state index in [1.54, 1.807) is 31.6 Å². The summed E-state index contributed by atoms with van der Waals surface area (Å²) < 4.78 is 5.19. The molecule has 5 nitrogen and oxygen atoms in total. The monoisotopic (exact) mass is 317 g/mol. The molecule has 0 aliphatic carbocycles. The summed E-state index contributed by atoms with van der Waals surface area (Å²) in [6, 6.07) is 3.61. The summed E-state index contributed by atoms with van der Waals surface area (Å²) >= 11 is 0. The van der Waals surface area contributed by atoms with E-state index in [9.17, 15) is 4.79 Å². The second-order valence-corrected chi connectivity index (χ2v) is 6.69. The molecule has 5 heteroatoms. The van der Waals surface area contributed by atoms with Crippen molar-refractivity contribution in [2.24, 2.45) is 0 Å². The Morgan fingerprint density at radius 2 is 1.96 bits per heavy atom. The Balaban J connectivity index is 1.58. The van der Waals surface area contributed by atoms with Gasteiger partial charge in [-0.2, -0.15) is 0 Å². The SMILES string of the molecule is COCCCN1CCCC12CCN(C(=O)c1ccncc1)CC2. The molecule has 0 unspecified atom stereocenters. The molecule has 0 N–H and O–H groups in total. The molecule has 0 saturated carbocycles. The van der Waals surface area contributed by atoms with E-state index in [2.05, 4.69) is 9.88 Å². The van der Waals surface area contributed by atoms with Crippen LogP contribution in [0.25, 0.3) is 0 Å². The third kappa shape index (κ3) is 3.56. The molecule has 2 aliphatic rings. The molecule has 3 rings (SSSR count). The maximum Gasteiger partial charge on any atom is 0.253 e. The number of carbonyl (C=O) groups is 1. The van der Waals surface area contributed by atoms with E-state index in [1.165, 1.54) is 19.4 Å². The molecule has 1 amide bonds. The topological polar surface area (TPSA) is 45.7 Å². The van der Waals surface area contributed by atoms with E-state index < -0.39 is 0 Å². The maximum absolute atomic E-state index is 12.6. The Kier molecular flexibility index (Phi) is 5.28. The molecule has 2 aliphatic heterocycles. The van der Waals surface area contributed by atoms with Gasteiger partial charge in [-0.1, -0.05) is 0 Å². The van der Waals surface area contributed by atoms with Crippen LogP contribution in [0.1, 0.15) is 42.5 Å². The minimum absolute atomic E-state index is 0.145. The first-order chi connectivity index (χ1) is 11.2. The van der Waals surface area contributed by atoms with E-state index in [0.29, 0.717) is 5.54 Å². The van der Waals surface area contributed by atoms with E-state index in [4.69, 9.17) is 4.74 Å². The van der Waals surface area contributed by atoms with Crippen molar-refractivity contribution in [1.82, 2.24) is 14.8 Å². The number of hydrogen-bond acceptors (Lipinski definition) is 4. The van der Waals surface area contributed by atoms with Gasteiger partial charge in [-0.3, -0.25) is 14.7 Å². The highest BCUT2D eigenvalue weighted by molar-refractivity contribution is 5.94. The van der Waals surface area contributed by atoms with Gasteiger partial charge in [0, 0.05) is 56.8 Å². The normalized spacial score (nSPS) is 21.0. The minimum atomic E-state index is 0.145. The minimum Gasteiger partial charge on any atom is -0.385 e. The van der Waals surface area contributed by atoms with E-state index >= 15 is 0 Å². The first-order valence-corrected chi connectivity index (χ1v) is 8.68. The number of amides is 1. The van der Waals surface area contributed by atoms with Crippen molar-refractivity contribution in [1.29, 1.82) is 0 Å². The fraction of sp³-hybridized carbons (Fsp3) is 0.667. The summed E-state index contributed by atoms with van der Waals surface area (Å²) in [6.07, 6.45) is 9.22. The number of pyridine rings is 1. The van der Waals surface area contributed by atoms with Crippen LogP contribution in [0.4, 0.5) is 0 Å². The Morgan fingerprint density at radius 3 is 2.65 bits per heavy atom. The molecule has 23 heavy (non-hydrogen) atoms. The number of carbonyl (C=O) groups excluding carboxylic acids is 1. The van der Waals surface area contributed by atoms with Crippen molar-refractivity contribution in [2.45, 2.75) is 37.6 Å². The third-order valence-corrected chi connectivity index (χ3v) is 5.43. The zero-order valence-corrected chi connectivity index (χ0v) is 14.0. The quantitative estimate of drug-likeness (QED) is 0.781. The average Bonchev–Trinajstić information content (AvgIpc) is 2.98. The molecule has 1 aromatic heterocycles. The number of hydrogen-bond donors (Lipinski definition) is 0. The number of piperidine rings is 1. The highest BCUT2D eigenvalue weighted by Gasteiger charge is 2.43. The van der Waals surface area contributed by atoms with Crippen molar-refractivity contribution < 1.29 is 9.53 Å². The van der Waals surface area contributed by atoms with Gasteiger partial charge < -0.3 is 9.64 Å². The van der Waals surface area contributed by atoms with Crippen molar-refractivity contribution in [3.05, 3.63) is 30.1 Å². The summed E-state index contributed by atoms with van der Waals surface area (Å²) in [5.74, 6) is 0.145.